The highest BCUT2D eigenvalue weighted by Crippen LogP contribution is 2.37. The van der Waals surface area contributed by atoms with Crippen LogP contribution in [0, 0.1) is 5.92 Å². The van der Waals surface area contributed by atoms with Gasteiger partial charge in [-0.3, -0.25) is 9.59 Å². The lowest BCUT2D eigenvalue weighted by atomic mass is 9.94. The molecule has 0 spiro atoms. The molecule has 5 aromatic rings. The number of nitrogens with zero attached hydrogens (tertiary/aromatic N) is 7. The highest BCUT2D eigenvalue weighted by atomic mass is 16.5. The Hall–Kier alpha value is -5.36. The van der Waals surface area contributed by atoms with Crippen LogP contribution < -0.4 is 19.9 Å². The highest BCUT2D eigenvalue weighted by Gasteiger charge is 2.32. The Bertz CT molecular complexity index is 2120. The molecule has 6 heterocycles. The van der Waals surface area contributed by atoms with Crippen LogP contribution in [0.15, 0.2) is 60.9 Å². The van der Waals surface area contributed by atoms with Crippen molar-refractivity contribution in [1.29, 1.82) is 0 Å². The van der Waals surface area contributed by atoms with E-state index in [0.29, 0.717) is 42.0 Å². The van der Waals surface area contributed by atoms with Crippen LogP contribution in [0.4, 0.5) is 23.0 Å². The number of para-hydroxylation sites is 1. The number of ether oxygens (including phenoxy) is 1. The minimum atomic E-state index is 0.00602. The van der Waals surface area contributed by atoms with E-state index in [9.17, 15) is 9.59 Å². The number of carbonyl (C=O) groups is 2. The maximum Gasteiger partial charge on any atom is 0.274 e. The van der Waals surface area contributed by atoms with Gasteiger partial charge in [0, 0.05) is 93.4 Å². The fourth-order valence-electron chi connectivity index (χ4n) is 8.21. The second-order valence-electron chi connectivity index (χ2n) is 14.4. The van der Waals surface area contributed by atoms with Gasteiger partial charge in [0.25, 0.3) is 5.91 Å². The van der Waals surface area contributed by atoms with E-state index in [-0.39, 0.29) is 11.8 Å². The molecular weight excluding hydrogens is 667 g/mol. The summed E-state index contributed by atoms with van der Waals surface area (Å²) in [6.07, 6.45) is 7.33. The van der Waals surface area contributed by atoms with Crippen molar-refractivity contribution in [1.82, 2.24) is 29.3 Å². The summed E-state index contributed by atoms with van der Waals surface area (Å²) >= 11 is 0. The van der Waals surface area contributed by atoms with Crippen molar-refractivity contribution in [2.75, 3.05) is 75.1 Å². The number of likely N-dealkylation sites (N-methyl/N-ethyl adjacent to an activating group) is 1. The van der Waals surface area contributed by atoms with E-state index in [1.807, 2.05) is 41.6 Å². The summed E-state index contributed by atoms with van der Waals surface area (Å²) in [5.41, 5.74) is 8.21. The topological polar surface area (TPSA) is 115 Å². The van der Waals surface area contributed by atoms with Gasteiger partial charge in [0.15, 0.2) is 0 Å². The van der Waals surface area contributed by atoms with Gasteiger partial charge in [0.05, 0.1) is 24.2 Å². The van der Waals surface area contributed by atoms with E-state index >= 15 is 0 Å². The zero-order valence-corrected chi connectivity index (χ0v) is 31.2. The molecular formula is C41H49N9O3. The van der Waals surface area contributed by atoms with E-state index in [2.05, 4.69) is 74.7 Å². The van der Waals surface area contributed by atoms with Crippen LogP contribution in [-0.2, 0) is 24.2 Å². The Morgan fingerprint density at radius 1 is 0.925 bits per heavy atom. The number of amides is 2. The summed E-state index contributed by atoms with van der Waals surface area (Å²) in [5.74, 6) is 1.50. The summed E-state index contributed by atoms with van der Waals surface area (Å²) in [6.45, 7) is 10.8. The number of hydrogen-bond acceptors (Lipinski definition) is 8. The third-order valence-corrected chi connectivity index (χ3v) is 11.3. The molecule has 0 radical (unpaired) electrons. The van der Waals surface area contributed by atoms with Crippen molar-refractivity contribution < 1.29 is 14.3 Å². The lowest BCUT2D eigenvalue weighted by molar-refractivity contribution is -0.137. The number of H-pyrrole nitrogens is 1. The van der Waals surface area contributed by atoms with E-state index in [1.54, 1.807) is 7.11 Å². The molecule has 0 aliphatic carbocycles. The zero-order valence-electron chi connectivity index (χ0n) is 31.2. The first-order valence-corrected chi connectivity index (χ1v) is 19.0. The molecule has 0 atom stereocenters. The standard InChI is InChI=1S/C41H49N9O3/c1-5-27-8-7-9-28(6-2)37(27)50-23-22-49-26-30(24-34(49)40(50)52)36-32-12-15-42-38(32)45-41(44-36)43-33-11-10-31(25-35(33)53-4)47-16-13-29(14-17-47)39(51)48-20-18-46(3)19-21-48/h7-12,15,24-26,29H,5-6,13-14,16-23H2,1-4H3,(H2,42,43,44,45). The molecule has 2 aromatic carbocycles. The number of hydrogen-bond donors (Lipinski definition) is 2. The number of benzene rings is 2. The number of rotatable bonds is 9. The van der Waals surface area contributed by atoms with Gasteiger partial charge in [-0.2, -0.15) is 4.98 Å². The molecule has 2 saturated heterocycles. The first-order chi connectivity index (χ1) is 25.8. The van der Waals surface area contributed by atoms with Crippen molar-refractivity contribution in [2.24, 2.45) is 5.92 Å². The lowest BCUT2D eigenvalue weighted by Gasteiger charge is -2.38. The predicted molar refractivity (Wildman–Crippen MR) is 209 cm³/mol. The van der Waals surface area contributed by atoms with Crippen LogP contribution in [0.25, 0.3) is 22.3 Å². The molecule has 276 valence electrons. The molecule has 8 rings (SSSR count). The molecule has 0 bridgehead atoms. The van der Waals surface area contributed by atoms with Crippen molar-refractivity contribution in [2.45, 2.75) is 46.1 Å². The summed E-state index contributed by atoms with van der Waals surface area (Å²) in [6, 6.07) is 16.4. The number of nitrogens with one attached hydrogen (secondary N) is 2. The van der Waals surface area contributed by atoms with Gasteiger partial charge in [0.1, 0.15) is 17.1 Å². The number of piperazine rings is 1. The van der Waals surface area contributed by atoms with E-state index in [1.165, 1.54) is 11.1 Å². The average molecular weight is 716 g/mol. The zero-order chi connectivity index (χ0) is 36.6. The Morgan fingerprint density at radius 3 is 2.40 bits per heavy atom. The lowest BCUT2D eigenvalue weighted by Crippen LogP contribution is -2.50. The maximum atomic E-state index is 14.1. The number of methoxy groups -OCH3 is 1. The fraction of sp³-hybridized carbons (Fsp3) is 0.415. The molecule has 2 fully saturated rings. The second kappa shape index (κ2) is 14.6. The molecule has 2 amide bonds. The average Bonchev–Trinajstić information content (AvgIpc) is 3.86. The van der Waals surface area contributed by atoms with Gasteiger partial charge in [-0.1, -0.05) is 32.0 Å². The van der Waals surface area contributed by atoms with Crippen molar-refractivity contribution in [3.63, 3.8) is 0 Å². The third-order valence-electron chi connectivity index (χ3n) is 11.3. The van der Waals surface area contributed by atoms with Crippen LogP contribution >= 0.6 is 0 Å². The quantitative estimate of drug-likeness (QED) is 0.193. The molecule has 3 aromatic heterocycles. The number of aromatic amines is 1. The third kappa shape index (κ3) is 6.60. The van der Waals surface area contributed by atoms with Gasteiger partial charge in [-0.05, 0) is 68.1 Å². The van der Waals surface area contributed by atoms with Crippen molar-refractivity contribution >= 4 is 45.9 Å². The number of carbonyl (C=O) groups excluding carboxylic acids is 2. The summed E-state index contributed by atoms with van der Waals surface area (Å²) < 4.78 is 7.92. The van der Waals surface area contributed by atoms with Gasteiger partial charge >= 0.3 is 0 Å². The Balaban J connectivity index is 1.01. The number of anilines is 4. The SMILES string of the molecule is CCc1cccc(CC)c1N1CCn2cc(-c3nc(Nc4ccc(N5CCC(C(=O)N6CCN(C)CC6)CC5)cc4OC)nc4[nH]ccc34)cc2C1=O. The summed E-state index contributed by atoms with van der Waals surface area (Å²) in [7, 11) is 3.78. The Morgan fingerprint density at radius 2 is 1.68 bits per heavy atom. The minimum absolute atomic E-state index is 0.00602. The molecule has 2 N–H and O–H groups in total. The van der Waals surface area contributed by atoms with Crippen LogP contribution in [-0.4, -0.2) is 101 Å². The Kier molecular flexibility index (Phi) is 9.55. The van der Waals surface area contributed by atoms with Crippen LogP contribution in [0.3, 0.4) is 0 Å². The predicted octanol–water partition coefficient (Wildman–Crippen LogP) is 5.95. The summed E-state index contributed by atoms with van der Waals surface area (Å²) in [4.78, 5) is 49.0. The van der Waals surface area contributed by atoms with Crippen molar-refractivity contribution in [3.8, 4) is 17.0 Å². The molecule has 0 unspecified atom stereocenters. The smallest absolute Gasteiger partial charge is 0.274 e. The van der Waals surface area contributed by atoms with Gasteiger partial charge in [-0.15, -0.1) is 0 Å². The van der Waals surface area contributed by atoms with Crippen LogP contribution in [0.2, 0.25) is 0 Å². The van der Waals surface area contributed by atoms with E-state index in [4.69, 9.17) is 14.7 Å². The van der Waals surface area contributed by atoms with Gasteiger partial charge in [-0.25, -0.2) is 4.98 Å². The normalized spacial score (nSPS) is 17.1. The van der Waals surface area contributed by atoms with Crippen LogP contribution in [0.5, 0.6) is 5.75 Å². The number of aromatic nitrogens is 4. The minimum Gasteiger partial charge on any atom is -0.494 e. The number of aryl methyl sites for hydroxylation is 2. The Labute approximate surface area is 310 Å². The number of fused-ring (bicyclic) bond motifs is 2. The molecule has 12 nitrogen and oxygen atoms in total. The first-order valence-electron chi connectivity index (χ1n) is 19.0. The fourth-order valence-corrected chi connectivity index (χ4v) is 8.21. The molecule has 0 saturated carbocycles. The van der Waals surface area contributed by atoms with Gasteiger partial charge in [0.2, 0.25) is 11.9 Å². The molecule has 53 heavy (non-hydrogen) atoms. The molecule has 3 aliphatic heterocycles. The van der Waals surface area contributed by atoms with Crippen LogP contribution in [0.1, 0.15) is 48.3 Å². The maximum absolute atomic E-state index is 14.1. The van der Waals surface area contributed by atoms with Gasteiger partial charge < -0.3 is 39.2 Å². The molecule has 12 heteroatoms. The molecule has 3 aliphatic rings. The van der Waals surface area contributed by atoms with Crippen molar-refractivity contribution in [3.05, 3.63) is 77.7 Å². The van der Waals surface area contributed by atoms with E-state index in [0.717, 1.165) is 98.7 Å². The first kappa shape index (κ1) is 34.7. The highest BCUT2D eigenvalue weighted by molar-refractivity contribution is 6.08. The second-order valence-corrected chi connectivity index (χ2v) is 14.4. The number of piperidine rings is 1. The monoisotopic (exact) mass is 715 g/mol. The largest absolute Gasteiger partial charge is 0.494 e. The van der Waals surface area contributed by atoms with E-state index < -0.39 is 0 Å². The summed E-state index contributed by atoms with van der Waals surface area (Å²) in [5, 5.41) is 4.29.